The lowest BCUT2D eigenvalue weighted by molar-refractivity contribution is 0.188. The average molecular weight is 408 g/mol. The van der Waals surface area contributed by atoms with Crippen LogP contribution in [-0.2, 0) is 6.42 Å². The molecule has 0 amide bonds. The summed E-state index contributed by atoms with van der Waals surface area (Å²) in [7, 11) is 0. The molecule has 3 heterocycles. The lowest BCUT2D eigenvalue weighted by Crippen LogP contribution is -2.52. The van der Waals surface area contributed by atoms with Gasteiger partial charge in [-0.2, -0.15) is 4.37 Å². The third-order valence-corrected chi connectivity index (χ3v) is 6.52. The molecule has 1 N–H and O–H groups in total. The second kappa shape index (κ2) is 11.0. The van der Waals surface area contributed by atoms with Gasteiger partial charge in [-0.1, -0.05) is 13.8 Å². The molecule has 0 radical (unpaired) electrons. The van der Waals surface area contributed by atoms with Crippen molar-refractivity contribution in [2.75, 3.05) is 63.8 Å². The van der Waals surface area contributed by atoms with Crippen LogP contribution in [-0.4, -0.2) is 84.0 Å². The van der Waals surface area contributed by atoms with E-state index < -0.39 is 0 Å². The van der Waals surface area contributed by atoms with E-state index in [1.54, 1.807) is 0 Å². The largest absolute Gasteiger partial charge is 0.357 e. The van der Waals surface area contributed by atoms with Crippen molar-refractivity contribution >= 4 is 22.6 Å². The average Bonchev–Trinajstić information content (AvgIpc) is 3.22. The summed E-state index contributed by atoms with van der Waals surface area (Å²) in [5.74, 6) is 2.78. The van der Waals surface area contributed by atoms with E-state index in [1.807, 2.05) is 0 Å². The number of nitrogens with zero attached hydrogens (tertiary/aromatic N) is 6. The molecule has 8 heteroatoms. The van der Waals surface area contributed by atoms with Crippen LogP contribution in [0.3, 0.4) is 0 Å². The van der Waals surface area contributed by atoms with Crippen LogP contribution in [0.25, 0.3) is 0 Å². The Morgan fingerprint density at radius 3 is 2.46 bits per heavy atom. The van der Waals surface area contributed by atoms with Crippen LogP contribution in [0.2, 0.25) is 0 Å². The van der Waals surface area contributed by atoms with Gasteiger partial charge in [-0.3, -0.25) is 4.99 Å². The maximum atomic E-state index is 5.02. The maximum Gasteiger partial charge on any atom is 0.205 e. The van der Waals surface area contributed by atoms with Gasteiger partial charge in [0.2, 0.25) is 5.13 Å². The number of rotatable bonds is 7. The number of guanidine groups is 1. The third-order valence-electron chi connectivity index (χ3n) is 5.70. The second-order valence-electron chi connectivity index (χ2n) is 7.80. The molecular weight excluding hydrogens is 370 g/mol. The number of hydrogen-bond acceptors (Lipinski definition) is 6. The molecule has 0 saturated carbocycles. The highest BCUT2D eigenvalue weighted by Gasteiger charge is 2.23. The molecule has 0 atom stereocenters. The number of aryl methyl sites for hydroxylation is 1. The minimum Gasteiger partial charge on any atom is -0.357 e. The maximum absolute atomic E-state index is 5.02. The Morgan fingerprint density at radius 2 is 1.86 bits per heavy atom. The molecule has 0 unspecified atom stereocenters. The van der Waals surface area contributed by atoms with Crippen LogP contribution in [0.1, 0.15) is 45.9 Å². The molecule has 0 aromatic carbocycles. The van der Waals surface area contributed by atoms with Gasteiger partial charge in [0.05, 0.1) is 0 Å². The first-order chi connectivity index (χ1) is 13.7. The van der Waals surface area contributed by atoms with Crippen molar-refractivity contribution in [1.82, 2.24) is 24.5 Å². The van der Waals surface area contributed by atoms with Crippen LogP contribution in [0.15, 0.2) is 4.99 Å². The lowest BCUT2D eigenvalue weighted by atomic mass is 9.97. The molecule has 158 valence electrons. The van der Waals surface area contributed by atoms with Crippen molar-refractivity contribution < 1.29 is 0 Å². The highest BCUT2D eigenvalue weighted by Crippen LogP contribution is 2.20. The van der Waals surface area contributed by atoms with Crippen molar-refractivity contribution in [1.29, 1.82) is 0 Å². The Bertz CT molecular complexity index is 601. The molecule has 7 nitrogen and oxygen atoms in total. The van der Waals surface area contributed by atoms with E-state index in [-0.39, 0.29) is 0 Å². The predicted molar refractivity (Wildman–Crippen MR) is 119 cm³/mol. The first-order valence-corrected chi connectivity index (χ1v) is 11.8. The molecule has 28 heavy (non-hydrogen) atoms. The van der Waals surface area contributed by atoms with E-state index in [2.05, 4.69) is 50.1 Å². The van der Waals surface area contributed by atoms with Gasteiger partial charge < -0.3 is 20.0 Å². The summed E-state index contributed by atoms with van der Waals surface area (Å²) >= 11 is 1.53. The second-order valence-corrected chi connectivity index (χ2v) is 8.53. The molecule has 2 saturated heterocycles. The van der Waals surface area contributed by atoms with Crippen LogP contribution < -0.4 is 10.2 Å². The predicted octanol–water partition coefficient (Wildman–Crippen LogP) is 2.31. The van der Waals surface area contributed by atoms with Crippen molar-refractivity contribution in [3.63, 3.8) is 0 Å². The SMILES string of the molecule is CCCN1CCC(CN=C(NCC)N2CCN(c3nc(CC)ns3)CC2)CC1. The zero-order chi connectivity index (χ0) is 19.8. The minimum absolute atomic E-state index is 0.733. The monoisotopic (exact) mass is 407 g/mol. The zero-order valence-electron chi connectivity index (χ0n) is 17.9. The normalized spacial score (nSPS) is 20.0. The van der Waals surface area contributed by atoms with Crippen LogP contribution in [0.4, 0.5) is 5.13 Å². The fourth-order valence-corrected chi connectivity index (χ4v) is 4.78. The highest BCUT2D eigenvalue weighted by atomic mass is 32.1. The van der Waals surface area contributed by atoms with E-state index in [9.17, 15) is 0 Å². The standard InChI is InChI=1S/C20H37N7S/c1-4-9-25-10-7-17(8-11-25)16-22-19(21-6-3)26-12-14-27(15-13-26)20-23-18(5-2)24-28-20/h17H,4-16H2,1-3H3,(H,21,22). The van der Waals surface area contributed by atoms with Crippen molar-refractivity contribution in [2.45, 2.75) is 46.5 Å². The first kappa shape index (κ1) is 21.3. The fourth-order valence-electron chi connectivity index (χ4n) is 3.98. The van der Waals surface area contributed by atoms with Crippen LogP contribution in [0, 0.1) is 5.92 Å². The number of piperidine rings is 1. The molecule has 0 aliphatic carbocycles. The number of piperazine rings is 1. The summed E-state index contributed by atoms with van der Waals surface area (Å²) in [5, 5.41) is 4.58. The highest BCUT2D eigenvalue weighted by molar-refractivity contribution is 7.09. The van der Waals surface area contributed by atoms with Crippen molar-refractivity contribution in [2.24, 2.45) is 10.9 Å². The van der Waals surface area contributed by atoms with E-state index in [0.29, 0.717) is 0 Å². The van der Waals surface area contributed by atoms with Gasteiger partial charge in [0.25, 0.3) is 0 Å². The van der Waals surface area contributed by atoms with Gasteiger partial charge in [0.1, 0.15) is 5.82 Å². The van der Waals surface area contributed by atoms with Gasteiger partial charge >= 0.3 is 0 Å². The minimum atomic E-state index is 0.733. The summed E-state index contributed by atoms with van der Waals surface area (Å²) in [5.41, 5.74) is 0. The van der Waals surface area contributed by atoms with E-state index in [4.69, 9.17) is 4.99 Å². The third kappa shape index (κ3) is 5.80. The molecule has 3 rings (SSSR count). The topological polar surface area (TPSA) is 59.9 Å². The zero-order valence-corrected chi connectivity index (χ0v) is 18.7. The lowest BCUT2D eigenvalue weighted by Gasteiger charge is -2.36. The van der Waals surface area contributed by atoms with Gasteiger partial charge in [0.15, 0.2) is 5.96 Å². The number of anilines is 1. The molecule has 1 aromatic heterocycles. The van der Waals surface area contributed by atoms with Crippen molar-refractivity contribution in [3.05, 3.63) is 5.82 Å². The Labute approximate surface area is 174 Å². The number of aromatic nitrogens is 2. The fraction of sp³-hybridized carbons (Fsp3) is 0.850. The summed E-state index contributed by atoms with van der Waals surface area (Å²) in [6.07, 6.45) is 4.74. The summed E-state index contributed by atoms with van der Waals surface area (Å²) in [6.45, 7) is 16.1. The Morgan fingerprint density at radius 1 is 1.11 bits per heavy atom. The van der Waals surface area contributed by atoms with Gasteiger partial charge in [-0.25, -0.2) is 4.98 Å². The number of hydrogen-bond donors (Lipinski definition) is 1. The number of nitrogens with one attached hydrogen (secondary N) is 1. The van der Waals surface area contributed by atoms with E-state index in [1.165, 1.54) is 50.4 Å². The first-order valence-electron chi connectivity index (χ1n) is 11.1. The summed E-state index contributed by atoms with van der Waals surface area (Å²) < 4.78 is 4.43. The Balaban J connectivity index is 1.49. The molecule has 0 spiro atoms. The van der Waals surface area contributed by atoms with Gasteiger partial charge in [-0.05, 0) is 51.7 Å². The number of aliphatic imine (C=N–C) groups is 1. The molecular formula is C20H37N7S. The Hall–Kier alpha value is -1.41. The van der Waals surface area contributed by atoms with E-state index >= 15 is 0 Å². The molecule has 2 aliphatic rings. The molecule has 2 aliphatic heterocycles. The Kier molecular flexibility index (Phi) is 8.33. The van der Waals surface area contributed by atoms with Gasteiger partial charge in [0, 0.05) is 57.2 Å². The molecule has 1 aromatic rings. The molecule has 2 fully saturated rings. The van der Waals surface area contributed by atoms with Crippen molar-refractivity contribution in [3.8, 4) is 0 Å². The van der Waals surface area contributed by atoms with Crippen LogP contribution >= 0.6 is 11.5 Å². The molecule has 0 bridgehead atoms. The van der Waals surface area contributed by atoms with Gasteiger partial charge in [-0.15, -0.1) is 0 Å². The summed E-state index contributed by atoms with van der Waals surface area (Å²) in [6, 6.07) is 0. The van der Waals surface area contributed by atoms with E-state index in [0.717, 1.165) is 68.5 Å². The smallest absolute Gasteiger partial charge is 0.205 e. The summed E-state index contributed by atoms with van der Waals surface area (Å²) in [4.78, 5) is 17.0. The van der Waals surface area contributed by atoms with Crippen LogP contribution in [0.5, 0.6) is 0 Å². The quantitative estimate of drug-likeness (QED) is 0.553. The number of likely N-dealkylation sites (tertiary alicyclic amines) is 1.